The first kappa shape index (κ1) is 20.1. The maximum atomic E-state index is 13.7. The Kier molecular flexibility index (Phi) is 5.10. The van der Waals surface area contributed by atoms with E-state index in [0.29, 0.717) is 16.5 Å². The van der Waals surface area contributed by atoms with Crippen LogP contribution in [0, 0.1) is 0 Å². The molecule has 0 saturated heterocycles. The van der Waals surface area contributed by atoms with E-state index in [2.05, 4.69) is 15.7 Å². The molecule has 1 amide bonds. The number of hydrogen-bond acceptors (Lipinski definition) is 5. The molecule has 2 aromatic heterocycles. The van der Waals surface area contributed by atoms with Crippen LogP contribution in [0.2, 0.25) is 5.02 Å². The molecule has 0 aliphatic carbocycles. The van der Waals surface area contributed by atoms with Gasteiger partial charge in [0.25, 0.3) is 5.91 Å². The van der Waals surface area contributed by atoms with Crippen molar-refractivity contribution in [2.75, 3.05) is 17.7 Å². The van der Waals surface area contributed by atoms with Crippen LogP contribution in [0.25, 0.3) is 0 Å². The van der Waals surface area contributed by atoms with Crippen molar-refractivity contribution in [2.24, 2.45) is 0 Å². The number of rotatable bonds is 4. The Morgan fingerprint density at radius 3 is 2.83 bits per heavy atom. The van der Waals surface area contributed by atoms with E-state index in [1.54, 1.807) is 24.3 Å². The summed E-state index contributed by atoms with van der Waals surface area (Å²) in [6, 6.07) is 6.45. The van der Waals surface area contributed by atoms with Crippen molar-refractivity contribution in [1.82, 2.24) is 9.78 Å². The van der Waals surface area contributed by atoms with Crippen molar-refractivity contribution >= 4 is 29.0 Å². The molecule has 3 aromatic rings. The second kappa shape index (κ2) is 7.60. The van der Waals surface area contributed by atoms with E-state index in [9.17, 15) is 18.0 Å². The minimum absolute atomic E-state index is 0.0631. The van der Waals surface area contributed by atoms with Crippen LogP contribution in [-0.4, -0.2) is 29.0 Å². The lowest BCUT2D eigenvalue weighted by atomic mass is 10.0. The first-order chi connectivity index (χ1) is 14.3. The molecule has 4 rings (SSSR count). The van der Waals surface area contributed by atoms with Crippen LogP contribution in [-0.2, 0) is 0 Å². The van der Waals surface area contributed by atoms with Gasteiger partial charge in [0.05, 0.1) is 25.1 Å². The number of fused-ring (bicyclic) bond motifs is 1. The first-order valence-electron chi connectivity index (χ1n) is 8.87. The number of anilines is 2. The molecule has 1 aliphatic rings. The Balaban J connectivity index is 1.65. The minimum Gasteiger partial charge on any atom is -0.495 e. The van der Waals surface area contributed by atoms with Gasteiger partial charge in [0.2, 0.25) is 0 Å². The van der Waals surface area contributed by atoms with Crippen molar-refractivity contribution in [3.05, 3.63) is 59.1 Å². The first-order valence-corrected chi connectivity index (χ1v) is 9.25. The van der Waals surface area contributed by atoms with Gasteiger partial charge in [-0.25, -0.2) is 4.68 Å². The summed E-state index contributed by atoms with van der Waals surface area (Å²) in [5.41, 5.74) is 0.0867. The molecule has 0 fully saturated rings. The fraction of sp³-hybridized carbons (Fsp3) is 0.263. The zero-order chi connectivity index (χ0) is 21.5. The Morgan fingerprint density at radius 2 is 2.17 bits per heavy atom. The number of furan rings is 1. The Bertz CT molecular complexity index is 1070. The van der Waals surface area contributed by atoms with E-state index in [1.165, 1.54) is 25.5 Å². The zero-order valence-corrected chi connectivity index (χ0v) is 16.3. The highest BCUT2D eigenvalue weighted by Crippen LogP contribution is 2.43. The molecule has 11 heteroatoms. The van der Waals surface area contributed by atoms with E-state index in [0.717, 1.165) is 4.68 Å². The number of aromatic nitrogens is 2. The molecular formula is C19H16ClF3N4O3. The van der Waals surface area contributed by atoms with Crippen LogP contribution in [0.1, 0.15) is 34.8 Å². The summed E-state index contributed by atoms with van der Waals surface area (Å²) in [6.45, 7) is 0. The second-order valence-corrected chi connectivity index (χ2v) is 7.10. The molecule has 0 radical (unpaired) electrons. The van der Waals surface area contributed by atoms with Crippen molar-refractivity contribution < 1.29 is 27.1 Å². The molecule has 0 saturated carbocycles. The van der Waals surface area contributed by atoms with E-state index >= 15 is 0 Å². The molecule has 2 atom stereocenters. The number of amides is 1. The highest BCUT2D eigenvalue weighted by Gasteiger charge is 2.47. The van der Waals surface area contributed by atoms with Gasteiger partial charge in [-0.15, -0.1) is 0 Å². The summed E-state index contributed by atoms with van der Waals surface area (Å²) in [5.74, 6) is 0.0789. The maximum Gasteiger partial charge on any atom is 0.410 e. The van der Waals surface area contributed by atoms with Gasteiger partial charge in [0.15, 0.2) is 11.7 Å². The van der Waals surface area contributed by atoms with Crippen LogP contribution in [0.5, 0.6) is 5.75 Å². The van der Waals surface area contributed by atoms with Gasteiger partial charge in [0, 0.05) is 17.5 Å². The van der Waals surface area contributed by atoms with E-state index in [1.807, 2.05) is 0 Å². The Hall–Kier alpha value is -3.14. The van der Waals surface area contributed by atoms with Crippen LogP contribution in [0.3, 0.4) is 0 Å². The predicted molar refractivity (Wildman–Crippen MR) is 103 cm³/mol. The topological polar surface area (TPSA) is 81.3 Å². The summed E-state index contributed by atoms with van der Waals surface area (Å²) in [7, 11) is 1.42. The largest absolute Gasteiger partial charge is 0.495 e. The molecule has 0 unspecified atom stereocenters. The van der Waals surface area contributed by atoms with Gasteiger partial charge in [0.1, 0.15) is 17.3 Å². The number of carbonyl (C=O) groups excluding carboxylic acids is 1. The van der Waals surface area contributed by atoms with Gasteiger partial charge >= 0.3 is 6.18 Å². The summed E-state index contributed by atoms with van der Waals surface area (Å²) in [6.07, 6.45) is -3.49. The number of halogens is 4. The lowest BCUT2D eigenvalue weighted by molar-refractivity contribution is -0.174. The molecule has 7 nitrogen and oxygen atoms in total. The van der Waals surface area contributed by atoms with Crippen LogP contribution >= 0.6 is 11.6 Å². The van der Waals surface area contributed by atoms with E-state index in [4.69, 9.17) is 20.8 Å². The lowest BCUT2D eigenvalue weighted by Gasteiger charge is -2.32. The molecule has 0 bridgehead atoms. The molecule has 2 N–H and O–H groups in total. The molecule has 0 spiro atoms. The third-order valence-electron chi connectivity index (χ3n) is 4.72. The SMILES string of the molecule is COc1ccc(Cl)cc1NC(=O)c1cc2n(n1)[C@H](C(F)(F)F)C[C@H](c1ccco1)N2. The van der Waals surface area contributed by atoms with Crippen LogP contribution < -0.4 is 15.4 Å². The molecule has 158 valence electrons. The third-order valence-corrected chi connectivity index (χ3v) is 4.95. The van der Waals surface area contributed by atoms with E-state index < -0.39 is 24.2 Å². The average molecular weight is 441 g/mol. The highest BCUT2D eigenvalue weighted by atomic mass is 35.5. The Labute approximate surface area is 173 Å². The average Bonchev–Trinajstić information content (AvgIpc) is 3.36. The standard InChI is InChI=1S/C19H16ClF3N4O3/c1-29-14-5-4-10(20)7-11(14)25-18(28)13-9-17-24-12(15-3-2-6-30-15)8-16(19(21,22)23)27(17)26-13/h2-7,9,12,16,24H,8H2,1H3,(H,25,28)/t12-,16+/m1/s1. The molecule has 1 aromatic carbocycles. The number of benzene rings is 1. The van der Waals surface area contributed by atoms with Crippen molar-refractivity contribution in [2.45, 2.75) is 24.7 Å². The highest BCUT2D eigenvalue weighted by molar-refractivity contribution is 6.31. The van der Waals surface area contributed by atoms with Gasteiger partial charge in [-0.3, -0.25) is 4.79 Å². The minimum atomic E-state index is -4.56. The summed E-state index contributed by atoms with van der Waals surface area (Å²) in [5, 5.41) is 9.78. The summed E-state index contributed by atoms with van der Waals surface area (Å²) in [4.78, 5) is 12.7. The van der Waals surface area contributed by atoms with Crippen molar-refractivity contribution in [1.29, 1.82) is 0 Å². The molecule has 30 heavy (non-hydrogen) atoms. The Morgan fingerprint density at radius 1 is 1.37 bits per heavy atom. The summed E-state index contributed by atoms with van der Waals surface area (Å²) < 4.78 is 52.3. The third kappa shape index (κ3) is 3.82. The second-order valence-electron chi connectivity index (χ2n) is 6.66. The number of ether oxygens (including phenoxy) is 1. The fourth-order valence-electron chi connectivity index (χ4n) is 3.32. The zero-order valence-electron chi connectivity index (χ0n) is 15.5. The predicted octanol–water partition coefficient (Wildman–Crippen LogP) is 5.05. The van der Waals surface area contributed by atoms with Gasteiger partial charge < -0.3 is 19.8 Å². The number of alkyl halides is 3. The fourth-order valence-corrected chi connectivity index (χ4v) is 3.50. The normalized spacial score (nSPS) is 18.4. The molecule has 3 heterocycles. The molecular weight excluding hydrogens is 425 g/mol. The number of carbonyl (C=O) groups is 1. The smallest absolute Gasteiger partial charge is 0.410 e. The van der Waals surface area contributed by atoms with Gasteiger partial charge in [-0.05, 0) is 30.3 Å². The number of methoxy groups -OCH3 is 1. The van der Waals surface area contributed by atoms with Gasteiger partial charge in [-0.1, -0.05) is 11.6 Å². The molecule has 1 aliphatic heterocycles. The van der Waals surface area contributed by atoms with Crippen molar-refractivity contribution in [3.8, 4) is 5.75 Å². The van der Waals surface area contributed by atoms with Crippen LogP contribution in [0.15, 0.2) is 47.1 Å². The van der Waals surface area contributed by atoms with Crippen LogP contribution in [0.4, 0.5) is 24.7 Å². The quantitative estimate of drug-likeness (QED) is 0.593. The van der Waals surface area contributed by atoms with E-state index in [-0.39, 0.29) is 23.6 Å². The number of nitrogens with one attached hydrogen (secondary N) is 2. The lowest BCUT2D eigenvalue weighted by Crippen LogP contribution is -2.35. The number of hydrogen-bond donors (Lipinski definition) is 2. The van der Waals surface area contributed by atoms with Crippen molar-refractivity contribution in [3.63, 3.8) is 0 Å². The monoisotopic (exact) mass is 440 g/mol. The van der Waals surface area contributed by atoms with Gasteiger partial charge in [-0.2, -0.15) is 18.3 Å². The summed E-state index contributed by atoms with van der Waals surface area (Å²) >= 11 is 5.95. The number of nitrogens with zero attached hydrogens (tertiary/aromatic N) is 2. The maximum absolute atomic E-state index is 13.7.